The van der Waals surface area contributed by atoms with Crippen molar-refractivity contribution >= 4 is 43.9 Å². The summed E-state index contributed by atoms with van der Waals surface area (Å²) in [5.74, 6) is -0.355. The molecule has 12 heteroatoms. The predicted octanol–water partition coefficient (Wildman–Crippen LogP) is 4.29. The number of non-ortho nitro benzene ring substituents is 1. The van der Waals surface area contributed by atoms with Crippen LogP contribution in [0.3, 0.4) is 0 Å². The van der Waals surface area contributed by atoms with Crippen molar-refractivity contribution < 1.29 is 27.1 Å². The van der Waals surface area contributed by atoms with Crippen LogP contribution in [0.4, 0.5) is 5.69 Å². The summed E-state index contributed by atoms with van der Waals surface area (Å²) < 4.78 is 36.5. The van der Waals surface area contributed by atoms with E-state index in [0.717, 1.165) is 24.3 Å². The minimum Gasteiger partial charge on any atom is -0.490 e. The second kappa shape index (κ2) is 10.9. The highest BCUT2D eigenvalue weighted by molar-refractivity contribution is 9.10. The number of hydrogen-bond donors (Lipinski definition) is 1. The van der Waals surface area contributed by atoms with Crippen molar-refractivity contribution in [2.75, 3.05) is 6.61 Å². The number of nitro benzene ring substituents is 1. The van der Waals surface area contributed by atoms with Gasteiger partial charge in [-0.15, -0.1) is 0 Å². The Kier molecular flexibility index (Phi) is 7.97. The van der Waals surface area contributed by atoms with Crippen molar-refractivity contribution in [1.29, 1.82) is 0 Å². The van der Waals surface area contributed by atoms with Crippen LogP contribution in [-0.4, -0.2) is 32.1 Å². The zero-order chi connectivity index (χ0) is 24.7. The van der Waals surface area contributed by atoms with Crippen LogP contribution in [0.25, 0.3) is 0 Å². The summed E-state index contributed by atoms with van der Waals surface area (Å²) in [6.45, 7) is 1.95. The van der Waals surface area contributed by atoms with Gasteiger partial charge in [-0.1, -0.05) is 12.1 Å². The molecule has 0 unspecified atom stereocenters. The van der Waals surface area contributed by atoms with Gasteiger partial charge in [0.15, 0.2) is 11.5 Å². The van der Waals surface area contributed by atoms with Gasteiger partial charge in [-0.25, -0.2) is 5.43 Å². The molecule has 0 aromatic heterocycles. The van der Waals surface area contributed by atoms with E-state index < -0.39 is 20.9 Å². The van der Waals surface area contributed by atoms with Gasteiger partial charge in [0.2, 0.25) is 0 Å². The Labute approximate surface area is 203 Å². The van der Waals surface area contributed by atoms with Crippen molar-refractivity contribution in [3.8, 4) is 11.5 Å². The molecule has 34 heavy (non-hydrogen) atoms. The SMILES string of the molecule is CCOc1cc(/C=N\NC(=O)c2ccccc2Br)ccc1OS(=O)(=O)c1ccc([N+](=O)[O-])cc1. The lowest BCUT2D eigenvalue weighted by Crippen LogP contribution is -2.18. The molecule has 3 aromatic rings. The monoisotopic (exact) mass is 547 g/mol. The Balaban J connectivity index is 1.77. The molecule has 0 aliphatic rings. The van der Waals surface area contributed by atoms with Crippen LogP contribution in [0.2, 0.25) is 0 Å². The summed E-state index contributed by atoms with van der Waals surface area (Å²) in [6.07, 6.45) is 1.37. The Morgan fingerprint density at radius 3 is 2.47 bits per heavy atom. The van der Waals surface area contributed by atoms with Gasteiger partial charge in [0.1, 0.15) is 4.90 Å². The van der Waals surface area contributed by atoms with Crippen molar-refractivity contribution in [3.05, 3.63) is 92.4 Å². The molecule has 3 rings (SSSR count). The summed E-state index contributed by atoms with van der Waals surface area (Å²) in [5, 5.41) is 14.7. The molecule has 0 saturated carbocycles. The lowest BCUT2D eigenvalue weighted by atomic mass is 10.2. The number of amides is 1. The second-order valence-electron chi connectivity index (χ2n) is 6.61. The molecule has 176 valence electrons. The van der Waals surface area contributed by atoms with Gasteiger partial charge in [-0.05, 0) is 70.9 Å². The van der Waals surface area contributed by atoms with Crippen LogP contribution in [0.1, 0.15) is 22.8 Å². The molecule has 0 bridgehead atoms. The van der Waals surface area contributed by atoms with Crippen molar-refractivity contribution in [2.45, 2.75) is 11.8 Å². The van der Waals surface area contributed by atoms with Crippen molar-refractivity contribution in [3.63, 3.8) is 0 Å². The first-order valence-corrected chi connectivity index (χ1v) is 11.9. The van der Waals surface area contributed by atoms with E-state index in [9.17, 15) is 23.3 Å². The lowest BCUT2D eigenvalue weighted by molar-refractivity contribution is -0.384. The van der Waals surface area contributed by atoms with E-state index >= 15 is 0 Å². The Morgan fingerprint density at radius 1 is 1.12 bits per heavy atom. The van der Waals surface area contributed by atoms with Gasteiger partial charge in [0.05, 0.1) is 23.3 Å². The van der Waals surface area contributed by atoms with Crippen molar-refractivity contribution in [2.24, 2.45) is 5.10 Å². The minimum atomic E-state index is -4.27. The standard InChI is InChI=1S/C22H18BrN3O7S/c1-2-32-21-13-15(14-24-25-22(27)18-5-3-4-6-19(18)23)7-12-20(21)33-34(30,31)17-10-8-16(9-11-17)26(28)29/h3-14H,2H2,1H3,(H,25,27)/b24-14-. The molecule has 0 saturated heterocycles. The number of rotatable bonds is 9. The highest BCUT2D eigenvalue weighted by Crippen LogP contribution is 2.31. The van der Waals surface area contributed by atoms with Gasteiger partial charge in [-0.2, -0.15) is 13.5 Å². The summed E-state index contributed by atoms with van der Waals surface area (Å²) in [6, 6.07) is 15.6. The number of carbonyl (C=O) groups is 1. The van der Waals surface area contributed by atoms with E-state index in [1.54, 1.807) is 31.2 Å². The third kappa shape index (κ3) is 6.17. The lowest BCUT2D eigenvalue weighted by Gasteiger charge is -2.12. The largest absolute Gasteiger partial charge is 0.490 e. The Bertz CT molecular complexity index is 1340. The zero-order valence-electron chi connectivity index (χ0n) is 17.7. The molecule has 0 aliphatic heterocycles. The third-order valence-electron chi connectivity index (χ3n) is 4.30. The Morgan fingerprint density at radius 2 is 1.82 bits per heavy atom. The molecule has 10 nitrogen and oxygen atoms in total. The van der Waals surface area contributed by atoms with E-state index in [0.29, 0.717) is 15.6 Å². The average Bonchev–Trinajstić information content (AvgIpc) is 2.81. The van der Waals surface area contributed by atoms with Crippen LogP contribution < -0.4 is 14.3 Å². The van der Waals surface area contributed by atoms with Crippen LogP contribution in [0.5, 0.6) is 11.5 Å². The van der Waals surface area contributed by atoms with Gasteiger partial charge < -0.3 is 8.92 Å². The van der Waals surface area contributed by atoms with E-state index in [4.69, 9.17) is 8.92 Å². The number of hydrazone groups is 1. The van der Waals surface area contributed by atoms with Crippen LogP contribution in [-0.2, 0) is 10.1 Å². The van der Waals surface area contributed by atoms with E-state index in [2.05, 4.69) is 26.5 Å². The van der Waals surface area contributed by atoms with E-state index in [1.807, 2.05) is 0 Å². The van der Waals surface area contributed by atoms with Gasteiger partial charge in [0, 0.05) is 16.6 Å². The third-order valence-corrected chi connectivity index (χ3v) is 6.24. The fourth-order valence-corrected chi connectivity index (χ4v) is 4.12. The number of halogens is 1. The summed E-state index contributed by atoms with van der Waals surface area (Å²) in [7, 11) is -4.27. The molecule has 0 heterocycles. The Hall–Kier alpha value is -3.77. The van der Waals surface area contributed by atoms with Crippen LogP contribution >= 0.6 is 15.9 Å². The first-order chi connectivity index (χ1) is 16.2. The number of carbonyl (C=O) groups excluding carboxylic acids is 1. The quantitative estimate of drug-likeness (QED) is 0.182. The number of nitro groups is 1. The fraction of sp³-hybridized carbons (Fsp3) is 0.0909. The van der Waals surface area contributed by atoms with Gasteiger partial charge in [0.25, 0.3) is 11.6 Å². The number of ether oxygens (including phenoxy) is 1. The molecular formula is C22H18BrN3O7S. The van der Waals surface area contributed by atoms with Crippen LogP contribution in [0.15, 0.2) is 81.2 Å². The topological polar surface area (TPSA) is 137 Å². The average molecular weight is 548 g/mol. The van der Waals surface area contributed by atoms with E-state index in [-0.39, 0.29) is 28.7 Å². The maximum absolute atomic E-state index is 12.6. The molecule has 0 spiro atoms. The molecule has 0 aliphatic carbocycles. The molecule has 0 atom stereocenters. The highest BCUT2D eigenvalue weighted by atomic mass is 79.9. The highest BCUT2D eigenvalue weighted by Gasteiger charge is 2.20. The summed E-state index contributed by atoms with van der Waals surface area (Å²) in [4.78, 5) is 22.1. The number of nitrogens with zero attached hydrogens (tertiary/aromatic N) is 2. The smallest absolute Gasteiger partial charge is 0.339 e. The van der Waals surface area contributed by atoms with Crippen molar-refractivity contribution in [1.82, 2.24) is 5.43 Å². The summed E-state index contributed by atoms with van der Waals surface area (Å²) in [5.41, 5.74) is 3.09. The maximum atomic E-state index is 12.6. The second-order valence-corrected chi connectivity index (χ2v) is 9.01. The first kappa shape index (κ1) is 24.9. The van der Waals surface area contributed by atoms with Gasteiger partial charge in [-0.3, -0.25) is 14.9 Å². The molecule has 3 aromatic carbocycles. The summed E-state index contributed by atoms with van der Waals surface area (Å²) >= 11 is 3.30. The number of nitrogens with one attached hydrogen (secondary N) is 1. The number of hydrogen-bond acceptors (Lipinski definition) is 8. The predicted molar refractivity (Wildman–Crippen MR) is 128 cm³/mol. The molecule has 1 amide bonds. The molecule has 1 N–H and O–H groups in total. The maximum Gasteiger partial charge on any atom is 0.339 e. The molecule has 0 fully saturated rings. The molecular weight excluding hydrogens is 530 g/mol. The minimum absolute atomic E-state index is 0.0744. The van der Waals surface area contributed by atoms with Crippen LogP contribution in [0, 0.1) is 10.1 Å². The van der Waals surface area contributed by atoms with Gasteiger partial charge >= 0.3 is 10.1 Å². The first-order valence-electron chi connectivity index (χ1n) is 9.75. The number of benzene rings is 3. The fourth-order valence-electron chi connectivity index (χ4n) is 2.71. The normalized spacial score (nSPS) is 11.2. The zero-order valence-corrected chi connectivity index (χ0v) is 20.1. The van der Waals surface area contributed by atoms with E-state index in [1.165, 1.54) is 24.4 Å². The molecule has 0 radical (unpaired) electrons.